The molecule has 0 amide bonds. The highest BCUT2D eigenvalue weighted by Gasteiger charge is 2.41. The number of aliphatic imine (C=N–C) groups is 1. The van der Waals surface area contributed by atoms with Gasteiger partial charge < -0.3 is 15.0 Å². The van der Waals surface area contributed by atoms with Crippen LogP contribution in [-0.4, -0.2) is 61.2 Å². The minimum Gasteiger partial charge on any atom is -0.373 e. The first-order valence-corrected chi connectivity index (χ1v) is 9.83. The van der Waals surface area contributed by atoms with E-state index >= 15 is 0 Å². The minimum absolute atomic E-state index is 0. The second-order valence-corrected chi connectivity index (χ2v) is 7.33. The van der Waals surface area contributed by atoms with Crippen LogP contribution in [0, 0.1) is 5.82 Å². The topological polar surface area (TPSA) is 40.1 Å². The zero-order valence-corrected chi connectivity index (χ0v) is 19.0. The molecule has 7 heteroatoms. The first kappa shape index (κ1) is 22.0. The van der Waals surface area contributed by atoms with Crippen LogP contribution in [0.5, 0.6) is 0 Å². The van der Waals surface area contributed by atoms with E-state index in [1.165, 1.54) is 11.6 Å². The van der Waals surface area contributed by atoms with Crippen LogP contribution in [0.4, 0.5) is 4.39 Å². The van der Waals surface area contributed by atoms with Gasteiger partial charge in [-0.05, 0) is 11.6 Å². The Bertz CT molecular complexity index is 819. The Morgan fingerprint density at radius 1 is 1.14 bits per heavy atom. The summed E-state index contributed by atoms with van der Waals surface area (Å²) in [6.45, 7) is 4.69. The third-order valence-electron chi connectivity index (χ3n) is 5.55. The molecule has 2 heterocycles. The van der Waals surface area contributed by atoms with Gasteiger partial charge in [0.15, 0.2) is 5.96 Å². The molecule has 2 aliphatic rings. The lowest BCUT2D eigenvalue weighted by atomic mass is 10.1. The number of rotatable bonds is 4. The molecule has 0 aliphatic carbocycles. The van der Waals surface area contributed by atoms with Crippen molar-refractivity contribution in [3.8, 4) is 0 Å². The molecule has 2 aromatic rings. The van der Waals surface area contributed by atoms with E-state index in [1.807, 2.05) is 12.1 Å². The Labute approximate surface area is 189 Å². The smallest absolute Gasteiger partial charge is 0.194 e. The van der Waals surface area contributed by atoms with Gasteiger partial charge in [-0.25, -0.2) is 4.39 Å². The van der Waals surface area contributed by atoms with Gasteiger partial charge in [0.25, 0.3) is 0 Å². The molecule has 29 heavy (non-hydrogen) atoms. The molecule has 0 saturated carbocycles. The number of likely N-dealkylation sites (tertiary alicyclic amines) is 1. The van der Waals surface area contributed by atoms with Crippen molar-refractivity contribution < 1.29 is 9.13 Å². The first-order chi connectivity index (χ1) is 13.7. The Morgan fingerprint density at radius 2 is 1.90 bits per heavy atom. The van der Waals surface area contributed by atoms with Gasteiger partial charge in [0, 0.05) is 45.3 Å². The number of fused-ring (bicyclic) bond motifs is 1. The number of nitrogens with one attached hydrogen (secondary N) is 1. The van der Waals surface area contributed by atoms with E-state index in [-0.39, 0.29) is 35.9 Å². The average Bonchev–Trinajstić information content (AvgIpc) is 3.16. The quantitative estimate of drug-likeness (QED) is 0.390. The van der Waals surface area contributed by atoms with Gasteiger partial charge in [-0.3, -0.25) is 9.89 Å². The number of benzene rings is 2. The van der Waals surface area contributed by atoms with Crippen molar-refractivity contribution in [2.75, 3.05) is 33.3 Å². The van der Waals surface area contributed by atoms with E-state index in [0.29, 0.717) is 18.2 Å². The Balaban J connectivity index is 0.00000240. The van der Waals surface area contributed by atoms with Crippen molar-refractivity contribution >= 4 is 29.9 Å². The van der Waals surface area contributed by atoms with Crippen LogP contribution >= 0.6 is 24.0 Å². The third-order valence-corrected chi connectivity index (χ3v) is 5.55. The van der Waals surface area contributed by atoms with E-state index in [0.717, 1.165) is 38.7 Å². The molecular weight excluding hydrogens is 482 g/mol. The Morgan fingerprint density at radius 3 is 2.66 bits per heavy atom. The highest BCUT2D eigenvalue weighted by molar-refractivity contribution is 14.0. The van der Waals surface area contributed by atoms with Gasteiger partial charge in [0.05, 0.1) is 18.8 Å². The summed E-state index contributed by atoms with van der Waals surface area (Å²) in [7, 11) is 1.77. The van der Waals surface area contributed by atoms with E-state index in [1.54, 1.807) is 19.2 Å². The van der Waals surface area contributed by atoms with Gasteiger partial charge in [-0.15, -0.1) is 24.0 Å². The molecule has 156 valence electrons. The number of nitrogens with zero attached hydrogens (tertiary/aromatic N) is 3. The van der Waals surface area contributed by atoms with Crippen LogP contribution < -0.4 is 5.32 Å². The maximum Gasteiger partial charge on any atom is 0.194 e. The average molecular weight is 510 g/mol. The minimum atomic E-state index is -0.196. The van der Waals surface area contributed by atoms with Crippen LogP contribution in [0.25, 0.3) is 0 Å². The van der Waals surface area contributed by atoms with Gasteiger partial charge >= 0.3 is 0 Å². The number of guanidine groups is 1. The van der Waals surface area contributed by atoms with E-state index < -0.39 is 0 Å². The lowest BCUT2D eigenvalue weighted by molar-refractivity contribution is -0.0502. The van der Waals surface area contributed by atoms with E-state index in [2.05, 4.69) is 44.4 Å². The third kappa shape index (κ3) is 5.26. The SMILES string of the molecule is CN=C(NCc1ccccc1F)N1CC2OCCN(Cc3ccccc3)C2C1.I. The number of halogens is 2. The first-order valence-electron chi connectivity index (χ1n) is 9.83. The number of morpholine rings is 1. The summed E-state index contributed by atoms with van der Waals surface area (Å²) in [5.74, 6) is 0.596. The van der Waals surface area contributed by atoms with Crippen LogP contribution in [0.1, 0.15) is 11.1 Å². The normalized spacial score (nSPS) is 22.1. The van der Waals surface area contributed by atoms with Crippen LogP contribution in [0.15, 0.2) is 59.6 Å². The molecule has 2 atom stereocenters. The monoisotopic (exact) mass is 510 g/mol. The standard InChI is InChI=1S/C22H27FN4O.HI/c1-24-22(25-13-18-9-5-6-10-19(18)23)27-15-20-21(16-27)28-12-11-26(20)14-17-7-3-2-4-8-17;/h2-10,20-21H,11-16H2,1H3,(H,24,25);1H. The summed E-state index contributed by atoms with van der Waals surface area (Å²) in [5.41, 5.74) is 1.96. The molecule has 2 unspecified atom stereocenters. The number of ether oxygens (including phenoxy) is 1. The summed E-state index contributed by atoms with van der Waals surface area (Å²) in [6.07, 6.45) is 0.171. The Kier molecular flexibility index (Phi) is 7.85. The zero-order valence-electron chi connectivity index (χ0n) is 16.6. The van der Waals surface area contributed by atoms with Crippen molar-refractivity contribution in [2.24, 2.45) is 4.99 Å². The molecule has 5 nitrogen and oxygen atoms in total. The van der Waals surface area contributed by atoms with Crippen molar-refractivity contribution in [2.45, 2.75) is 25.2 Å². The molecule has 4 rings (SSSR count). The van der Waals surface area contributed by atoms with Gasteiger partial charge in [-0.2, -0.15) is 0 Å². The van der Waals surface area contributed by atoms with Crippen LogP contribution in [0.3, 0.4) is 0 Å². The van der Waals surface area contributed by atoms with E-state index in [4.69, 9.17) is 4.74 Å². The van der Waals surface area contributed by atoms with Crippen molar-refractivity contribution in [1.82, 2.24) is 15.1 Å². The van der Waals surface area contributed by atoms with Gasteiger partial charge in [-0.1, -0.05) is 48.5 Å². The van der Waals surface area contributed by atoms with Crippen molar-refractivity contribution in [1.29, 1.82) is 0 Å². The summed E-state index contributed by atoms with van der Waals surface area (Å²) in [6, 6.07) is 17.7. The maximum atomic E-state index is 13.9. The molecule has 0 aromatic heterocycles. The fraction of sp³-hybridized carbons (Fsp3) is 0.409. The number of hydrogen-bond acceptors (Lipinski definition) is 3. The molecule has 2 aliphatic heterocycles. The molecule has 2 aromatic carbocycles. The molecule has 0 radical (unpaired) electrons. The lowest BCUT2D eigenvalue weighted by Crippen LogP contribution is -2.50. The molecule has 2 saturated heterocycles. The van der Waals surface area contributed by atoms with Gasteiger partial charge in [0.2, 0.25) is 0 Å². The highest BCUT2D eigenvalue weighted by atomic mass is 127. The van der Waals surface area contributed by atoms with Crippen LogP contribution in [0.2, 0.25) is 0 Å². The molecule has 0 bridgehead atoms. The van der Waals surface area contributed by atoms with Gasteiger partial charge in [0.1, 0.15) is 5.82 Å². The summed E-state index contributed by atoms with van der Waals surface area (Å²) in [5, 5.41) is 3.30. The summed E-state index contributed by atoms with van der Waals surface area (Å²) in [4.78, 5) is 9.15. The summed E-state index contributed by atoms with van der Waals surface area (Å²) >= 11 is 0. The van der Waals surface area contributed by atoms with E-state index in [9.17, 15) is 4.39 Å². The maximum absolute atomic E-state index is 13.9. The zero-order chi connectivity index (χ0) is 19.3. The van der Waals surface area contributed by atoms with Crippen molar-refractivity contribution in [3.05, 3.63) is 71.5 Å². The molecule has 0 spiro atoms. The predicted octanol–water partition coefficient (Wildman–Crippen LogP) is 3.10. The lowest BCUT2D eigenvalue weighted by Gasteiger charge is -2.36. The second-order valence-electron chi connectivity index (χ2n) is 7.33. The highest BCUT2D eigenvalue weighted by Crippen LogP contribution is 2.24. The second kappa shape index (κ2) is 10.4. The largest absolute Gasteiger partial charge is 0.373 e. The Hall–Kier alpha value is -1.71. The fourth-order valence-electron chi connectivity index (χ4n) is 4.09. The van der Waals surface area contributed by atoms with Crippen molar-refractivity contribution in [3.63, 3.8) is 0 Å². The predicted molar refractivity (Wildman–Crippen MR) is 124 cm³/mol. The fourth-order valence-corrected chi connectivity index (χ4v) is 4.09. The molecule has 2 fully saturated rings. The summed E-state index contributed by atoms with van der Waals surface area (Å²) < 4.78 is 20.0. The molecule has 1 N–H and O–H groups in total. The van der Waals surface area contributed by atoms with Crippen LogP contribution in [-0.2, 0) is 17.8 Å². The molecular formula is C22H28FIN4O. The number of hydrogen-bond donors (Lipinski definition) is 1.